The summed E-state index contributed by atoms with van der Waals surface area (Å²) in [4.78, 5) is 12.8. The fourth-order valence-corrected chi connectivity index (χ4v) is 4.09. The topological polar surface area (TPSA) is 59.8 Å². The standard InChI is InChI=1S/C23H26N4O/c1-16-7-6-10-21(15-16)27-17(2)22(25-26-27)23(28)24-20-13-11-19(12-14-20)18-8-4-3-5-9-18/h3-10,15,19-20H,11-14H2,1-2H3,(H,24,28). The zero-order chi connectivity index (χ0) is 19.5. The third-order valence-electron chi connectivity index (χ3n) is 5.69. The highest BCUT2D eigenvalue weighted by Crippen LogP contribution is 2.32. The maximum absolute atomic E-state index is 12.8. The number of rotatable bonds is 4. The Labute approximate surface area is 165 Å². The van der Waals surface area contributed by atoms with Gasteiger partial charge in [0.05, 0.1) is 11.4 Å². The predicted octanol–water partition coefficient (Wildman–Crippen LogP) is 4.34. The number of carbonyl (C=O) groups is 1. The van der Waals surface area contributed by atoms with Crippen LogP contribution in [0.15, 0.2) is 54.6 Å². The van der Waals surface area contributed by atoms with E-state index in [0.717, 1.165) is 42.6 Å². The molecule has 5 heteroatoms. The summed E-state index contributed by atoms with van der Waals surface area (Å²) in [5.41, 5.74) is 4.65. The van der Waals surface area contributed by atoms with E-state index in [1.54, 1.807) is 4.68 Å². The third-order valence-corrected chi connectivity index (χ3v) is 5.69. The van der Waals surface area contributed by atoms with Gasteiger partial charge in [0.2, 0.25) is 0 Å². The molecule has 0 atom stereocenters. The number of aromatic nitrogens is 3. The molecule has 3 aromatic rings. The molecule has 28 heavy (non-hydrogen) atoms. The van der Waals surface area contributed by atoms with Crippen molar-refractivity contribution in [3.05, 3.63) is 77.1 Å². The minimum atomic E-state index is -0.125. The van der Waals surface area contributed by atoms with Gasteiger partial charge in [-0.3, -0.25) is 4.79 Å². The molecule has 0 unspecified atom stereocenters. The molecule has 0 radical (unpaired) electrons. The lowest BCUT2D eigenvalue weighted by Crippen LogP contribution is -2.37. The Kier molecular flexibility index (Phi) is 5.24. The van der Waals surface area contributed by atoms with Crippen molar-refractivity contribution in [2.45, 2.75) is 51.5 Å². The molecule has 0 spiro atoms. The van der Waals surface area contributed by atoms with Gasteiger partial charge in [0.1, 0.15) is 0 Å². The van der Waals surface area contributed by atoms with E-state index in [2.05, 4.69) is 46.0 Å². The molecule has 0 saturated heterocycles. The highest BCUT2D eigenvalue weighted by atomic mass is 16.2. The van der Waals surface area contributed by atoms with Gasteiger partial charge in [0.25, 0.3) is 5.91 Å². The molecule has 1 saturated carbocycles. The largest absolute Gasteiger partial charge is 0.348 e. The summed E-state index contributed by atoms with van der Waals surface area (Å²) >= 11 is 0. The molecule has 1 N–H and O–H groups in total. The number of aryl methyl sites for hydroxylation is 1. The van der Waals surface area contributed by atoms with E-state index < -0.39 is 0 Å². The fraction of sp³-hybridized carbons (Fsp3) is 0.348. The number of nitrogens with zero attached hydrogens (tertiary/aromatic N) is 3. The van der Waals surface area contributed by atoms with Crippen LogP contribution in [0.2, 0.25) is 0 Å². The SMILES string of the molecule is Cc1cccc(-n2nnc(C(=O)NC3CCC(c4ccccc4)CC3)c2C)c1. The lowest BCUT2D eigenvalue weighted by Gasteiger charge is -2.29. The number of hydrogen-bond donors (Lipinski definition) is 1. The van der Waals surface area contributed by atoms with Crippen molar-refractivity contribution in [2.24, 2.45) is 0 Å². The van der Waals surface area contributed by atoms with Gasteiger partial charge in [-0.1, -0.05) is 47.7 Å². The molecule has 144 valence electrons. The van der Waals surface area contributed by atoms with Gasteiger partial charge >= 0.3 is 0 Å². The molecular weight excluding hydrogens is 348 g/mol. The lowest BCUT2D eigenvalue weighted by molar-refractivity contribution is 0.0920. The zero-order valence-corrected chi connectivity index (χ0v) is 16.4. The van der Waals surface area contributed by atoms with Crippen LogP contribution in [-0.4, -0.2) is 26.9 Å². The Morgan fingerprint density at radius 1 is 1.00 bits per heavy atom. The fourth-order valence-electron chi connectivity index (χ4n) is 4.09. The van der Waals surface area contributed by atoms with Gasteiger partial charge in [-0.2, -0.15) is 0 Å². The molecular formula is C23H26N4O. The molecule has 4 rings (SSSR count). The second-order valence-electron chi connectivity index (χ2n) is 7.71. The van der Waals surface area contributed by atoms with E-state index in [1.807, 2.05) is 38.1 Å². The molecule has 1 heterocycles. The van der Waals surface area contributed by atoms with Crippen molar-refractivity contribution < 1.29 is 4.79 Å². The molecule has 2 aromatic carbocycles. The predicted molar refractivity (Wildman–Crippen MR) is 110 cm³/mol. The molecule has 1 fully saturated rings. The molecule has 1 aromatic heterocycles. The first-order chi connectivity index (χ1) is 13.6. The smallest absolute Gasteiger partial charge is 0.273 e. The Hall–Kier alpha value is -2.95. The Morgan fingerprint density at radius 3 is 2.46 bits per heavy atom. The number of benzene rings is 2. The van der Waals surface area contributed by atoms with Crippen molar-refractivity contribution in [1.29, 1.82) is 0 Å². The Morgan fingerprint density at radius 2 is 1.75 bits per heavy atom. The normalized spacial score (nSPS) is 19.4. The van der Waals surface area contributed by atoms with Gasteiger partial charge in [-0.15, -0.1) is 5.10 Å². The van der Waals surface area contributed by atoms with Crippen LogP contribution >= 0.6 is 0 Å². The minimum Gasteiger partial charge on any atom is -0.348 e. The molecule has 0 bridgehead atoms. The van der Waals surface area contributed by atoms with Crippen LogP contribution in [0.5, 0.6) is 0 Å². The van der Waals surface area contributed by atoms with Crippen molar-refractivity contribution >= 4 is 5.91 Å². The van der Waals surface area contributed by atoms with Crippen LogP contribution in [0.3, 0.4) is 0 Å². The van der Waals surface area contributed by atoms with Crippen LogP contribution in [0.4, 0.5) is 0 Å². The summed E-state index contributed by atoms with van der Waals surface area (Å²) in [5, 5.41) is 11.5. The van der Waals surface area contributed by atoms with Crippen molar-refractivity contribution in [1.82, 2.24) is 20.3 Å². The maximum atomic E-state index is 12.8. The summed E-state index contributed by atoms with van der Waals surface area (Å²) in [6.45, 7) is 3.93. The minimum absolute atomic E-state index is 0.125. The number of carbonyl (C=O) groups excluding carboxylic acids is 1. The second kappa shape index (κ2) is 7.97. The monoisotopic (exact) mass is 374 g/mol. The third kappa shape index (κ3) is 3.84. The first kappa shape index (κ1) is 18.4. The average molecular weight is 374 g/mol. The summed E-state index contributed by atoms with van der Waals surface area (Å²) in [5.74, 6) is 0.470. The highest BCUT2D eigenvalue weighted by Gasteiger charge is 2.25. The van der Waals surface area contributed by atoms with Crippen molar-refractivity contribution in [3.63, 3.8) is 0 Å². The van der Waals surface area contributed by atoms with Crippen molar-refractivity contribution in [2.75, 3.05) is 0 Å². The molecule has 1 amide bonds. The van der Waals surface area contributed by atoms with Crippen LogP contribution in [0.25, 0.3) is 5.69 Å². The zero-order valence-electron chi connectivity index (χ0n) is 16.4. The first-order valence-corrected chi connectivity index (χ1v) is 9.97. The van der Waals surface area contributed by atoms with E-state index in [9.17, 15) is 4.79 Å². The van der Waals surface area contributed by atoms with E-state index in [-0.39, 0.29) is 11.9 Å². The van der Waals surface area contributed by atoms with Gasteiger partial charge < -0.3 is 5.32 Å². The van der Waals surface area contributed by atoms with Crippen LogP contribution in [0, 0.1) is 13.8 Å². The quantitative estimate of drug-likeness (QED) is 0.739. The molecule has 1 aliphatic carbocycles. The molecule has 1 aliphatic rings. The summed E-state index contributed by atoms with van der Waals surface area (Å²) in [7, 11) is 0. The summed E-state index contributed by atoms with van der Waals surface area (Å²) in [6.07, 6.45) is 4.20. The van der Waals surface area contributed by atoms with Gasteiger partial charge in [-0.25, -0.2) is 4.68 Å². The van der Waals surface area contributed by atoms with Crippen LogP contribution in [-0.2, 0) is 0 Å². The van der Waals surface area contributed by atoms with Gasteiger partial charge in [0, 0.05) is 6.04 Å². The van der Waals surface area contributed by atoms with E-state index >= 15 is 0 Å². The van der Waals surface area contributed by atoms with Crippen molar-refractivity contribution in [3.8, 4) is 5.69 Å². The summed E-state index contributed by atoms with van der Waals surface area (Å²) < 4.78 is 1.73. The lowest BCUT2D eigenvalue weighted by atomic mass is 9.82. The van der Waals surface area contributed by atoms with E-state index in [4.69, 9.17) is 0 Å². The maximum Gasteiger partial charge on any atom is 0.273 e. The van der Waals surface area contributed by atoms with E-state index in [1.165, 1.54) is 5.56 Å². The van der Waals surface area contributed by atoms with Crippen LogP contribution < -0.4 is 5.32 Å². The molecule has 5 nitrogen and oxygen atoms in total. The Bertz CT molecular complexity index is 956. The first-order valence-electron chi connectivity index (χ1n) is 9.97. The van der Waals surface area contributed by atoms with Gasteiger partial charge in [-0.05, 0) is 68.7 Å². The van der Waals surface area contributed by atoms with Gasteiger partial charge in [0.15, 0.2) is 5.69 Å². The Balaban J connectivity index is 1.40. The number of hydrogen-bond acceptors (Lipinski definition) is 3. The summed E-state index contributed by atoms with van der Waals surface area (Å²) in [6, 6.07) is 18.9. The van der Waals surface area contributed by atoms with E-state index in [0.29, 0.717) is 11.6 Å². The van der Waals surface area contributed by atoms with Crippen LogP contribution in [0.1, 0.15) is 58.9 Å². The molecule has 0 aliphatic heterocycles. The second-order valence-corrected chi connectivity index (χ2v) is 7.71. The average Bonchev–Trinajstić information content (AvgIpc) is 3.11. The highest BCUT2D eigenvalue weighted by molar-refractivity contribution is 5.93. The number of amides is 1. The number of nitrogens with one attached hydrogen (secondary N) is 1.